The summed E-state index contributed by atoms with van der Waals surface area (Å²) in [7, 11) is 0. The minimum atomic E-state index is -0.212. The summed E-state index contributed by atoms with van der Waals surface area (Å²) in [5.74, 6) is 1.15. The third kappa shape index (κ3) is 3.76. The van der Waals surface area contributed by atoms with Crippen molar-refractivity contribution in [3.8, 4) is 5.88 Å². The lowest BCUT2D eigenvalue weighted by Gasteiger charge is -2.09. The Balaban J connectivity index is 1.63. The predicted octanol–water partition coefficient (Wildman–Crippen LogP) is 3.22. The van der Waals surface area contributed by atoms with Gasteiger partial charge in [0.2, 0.25) is 5.88 Å². The molecule has 0 atom stereocenters. The van der Waals surface area contributed by atoms with Crippen LogP contribution in [0.3, 0.4) is 0 Å². The Kier molecular flexibility index (Phi) is 5.62. The van der Waals surface area contributed by atoms with Gasteiger partial charge in [-0.3, -0.25) is 14.2 Å². The number of amides is 1. The number of fused-ring (bicyclic) bond motifs is 2. The first-order chi connectivity index (χ1) is 14.1. The van der Waals surface area contributed by atoms with E-state index in [1.807, 2.05) is 26.0 Å². The van der Waals surface area contributed by atoms with Gasteiger partial charge in [-0.15, -0.1) is 11.3 Å². The van der Waals surface area contributed by atoms with Gasteiger partial charge in [0.05, 0.1) is 16.9 Å². The molecule has 0 saturated heterocycles. The Morgan fingerprint density at radius 2 is 2.21 bits per heavy atom. The molecule has 0 bridgehead atoms. The third-order valence-electron chi connectivity index (χ3n) is 5.19. The number of nitrogens with zero attached hydrogens (tertiary/aromatic N) is 3. The zero-order valence-electron chi connectivity index (χ0n) is 16.7. The number of hydrogen-bond donors (Lipinski definition) is 1. The number of ether oxygens (including phenoxy) is 1. The van der Waals surface area contributed by atoms with Gasteiger partial charge in [-0.1, -0.05) is 12.5 Å². The number of carbonyl (C=O) groups is 1. The molecule has 8 heteroatoms. The maximum absolute atomic E-state index is 13.1. The van der Waals surface area contributed by atoms with Crippen molar-refractivity contribution in [3.05, 3.63) is 50.5 Å². The quantitative estimate of drug-likeness (QED) is 0.695. The smallest absolute Gasteiger partial charge is 0.262 e. The second kappa shape index (κ2) is 8.32. The van der Waals surface area contributed by atoms with Crippen molar-refractivity contribution < 1.29 is 9.53 Å². The van der Waals surface area contributed by atoms with E-state index in [4.69, 9.17) is 9.72 Å². The molecule has 4 heterocycles. The number of aryl methyl sites for hydroxylation is 2. The lowest BCUT2D eigenvalue weighted by Crippen LogP contribution is -2.25. The molecule has 1 aliphatic rings. The van der Waals surface area contributed by atoms with Crippen LogP contribution in [-0.4, -0.2) is 27.0 Å². The highest BCUT2D eigenvalue weighted by molar-refractivity contribution is 7.20. The first kappa shape index (κ1) is 19.6. The zero-order valence-corrected chi connectivity index (χ0v) is 17.5. The zero-order chi connectivity index (χ0) is 20.4. The van der Waals surface area contributed by atoms with Gasteiger partial charge in [-0.2, -0.15) is 0 Å². The van der Waals surface area contributed by atoms with Crippen molar-refractivity contribution in [2.45, 2.75) is 52.6 Å². The molecule has 4 rings (SSSR count). The Labute approximate surface area is 172 Å². The number of pyridine rings is 1. The topological polar surface area (TPSA) is 86.1 Å². The minimum Gasteiger partial charge on any atom is -0.478 e. The van der Waals surface area contributed by atoms with Crippen LogP contribution in [0.2, 0.25) is 0 Å². The van der Waals surface area contributed by atoms with Crippen molar-refractivity contribution in [2.24, 2.45) is 0 Å². The van der Waals surface area contributed by atoms with E-state index in [0.717, 1.165) is 37.1 Å². The number of thiophene rings is 1. The highest BCUT2D eigenvalue weighted by Crippen LogP contribution is 2.28. The van der Waals surface area contributed by atoms with E-state index in [1.165, 1.54) is 11.3 Å². The lowest BCUT2D eigenvalue weighted by molar-refractivity contribution is 0.0954. The third-order valence-corrected chi connectivity index (χ3v) is 6.37. The predicted molar refractivity (Wildman–Crippen MR) is 113 cm³/mol. The summed E-state index contributed by atoms with van der Waals surface area (Å²) >= 11 is 1.29. The largest absolute Gasteiger partial charge is 0.478 e. The summed E-state index contributed by atoms with van der Waals surface area (Å²) in [4.78, 5) is 36.0. The number of rotatable bonds is 5. The molecular formula is C21H24N4O3S. The molecule has 0 aliphatic carbocycles. The monoisotopic (exact) mass is 412 g/mol. The van der Waals surface area contributed by atoms with E-state index < -0.39 is 0 Å². The molecule has 0 unspecified atom stereocenters. The molecular weight excluding hydrogens is 388 g/mol. The Hall–Kier alpha value is -2.74. The second-order valence-electron chi connectivity index (χ2n) is 7.12. The second-order valence-corrected chi connectivity index (χ2v) is 8.11. The van der Waals surface area contributed by atoms with E-state index >= 15 is 0 Å². The van der Waals surface area contributed by atoms with E-state index in [-0.39, 0.29) is 11.5 Å². The van der Waals surface area contributed by atoms with E-state index in [9.17, 15) is 9.59 Å². The summed E-state index contributed by atoms with van der Waals surface area (Å²) in [6, 6.07) is 3.69. The number of hydrogen-bond acceptors (Lipinski definition) is 6. The average Bonchev–Trinajstić information content (AvgIpc) is 2.89. The van der Waals surface area contributed by atoms with Gasteiger partial charge in [0.15, 0.2) is 0 Å². The van der Waals surface area contributed by atoms with E-state index in [0.29, 0.717) is 46.2 Å². The molecule has 1 N–H and O–H groups in total. The summed E-state index contributed by atoms with van der Waals surface area (Å²) in [5.41, 5.74) is 1.49. The molecule has 3 aromatic heterocycles. The minimum absolute atomic E-state index is 0.0226. The van der Waals surface area contributed by atoms with Crippen molar-refractivity contribution in [1.82, 2.24) is 19.9 Å². The average molecular weight is 413 g/mol. The SMILES string of the molecule is CCOc1ncccc1CNC(=O)c1sc2nc3n(c(=O)c2c1C)CCCCC3. The Bertz CT molecular complexity index is 1120. The standard InChI is InChI=1S/C21H24N4O3S/c1-3-28-19-14(8-7-10-22-19)12-23-18(26)17-13(2)16-20(29-17)24-15-9-5-4-6-11-25(15)21(16)27/h7-8,10H,3-6,9,11-12H2,1-2H3,(H,23,26). The van der Waals surface area contributed by atoms with Crippen LogP contribution in [0.15, 0.2) is 23.1 Å². The van der Waals surface area contributed by atoms with Crippen LogP contribution in [0.1, 0.15) is 52.8 Å². The van der Waals surface area contributed by atoms with Crippen LogP contribution in [0, 0.1) is 6.92 Å². The number of carbonyl (C=O) groups excluding carboxylic acids is 1. The Morgan fingerprint density at radius 1 is 1.34 bits per heavy atom. The summed E-state index contributed by atoms with van der Waals surface area (Å²) < 4.78 is 7.31. The van der Waals surface area contributed by atoms with Gasteiger partial charge in [0.1, 0.15) is 10.7 Å². The van der Waals surface area contributed by atoms with Gasteiger partial charge >= 0.3 is 0 Å². The lowest BCUT2D eigenvalue weighted by atomic mass is 10.2. The highest BCUT2D eigenvalue weighted by Gasteiger charge is 2.22. The Morgan fingerprint density at radius 3 is 3.03 bits per heavy atom. The number of nitrogens with one attached hydrogen (secondary N) is 1. The van der Waals surface area contributed by atoms with Crippen LogP contribution in [0.25, 0.3) is 10.2 Å². The summed E-state index contributed by atoms with van der Waals surface area (Å²) in [6.45, 7) is 5.24. The first-order valence-corrected chi connectivity index (χ1v) is 10.8. The van der Waals surface area contributed by atoms with Crippen LogP contribution < -0.4 is 15.6 Å². The van der Waals surface area contributed by atoms with E-state index in [2.05, 4.69) is 10.3 Å². The van der Waals surface area contributed by atoms with E-state index in [1.54, 1.807) is 10.8 Å². The van der Waals surface area contributed by atoms with Gasteiger partial charge in [0.25, 0.3) is 11.5 Å². The van der Waals surface area contributed by atoms with Crippen molar-refractivity contribution in [2.75, 3.05) is 6.61 Å². The fraction of sp³-hybridized carbons (Fsp3) is 0.429. The molecule has 7 nitrogen and oxygen atoms in total. The van der Waals surface area contributed by atoms with Crippen LogP contribution in [0.4, 0.5) is 0 Å². The maximum atomic E-state index is 13.1. The fourth-order valence-corrected chi connectivity index (χ4v) is 4.81. The molecule has 29 heavy (non-hydrogen) atoms. The molecule has 1 aliphatic heterocycles. The van der Waals surface area contributed by atoms with Crippen molar-refractivity contribution in [3.63, 3.8) is 0 Å². The van der Waals surface area contributed by atoms with Crippen LogP contribution >= 0.6 is 11.3 Å². The molecule has 0 aromatic carbocycles. The van der Waals surface area contributed by atoms with Gasteiger partial charge < -0.3 is 10.1 Å². The van der Waals surface area contributed by atoms with Crippen LogP contribution in [-0.2, 0) is 19.5 Å². The molecule has 1 amide bonds. The molecule has 0 radical (unpaired) electrons. The summed E-state index contributed by atoms with van der Waals surface area (Å²) in [5, 5.41) is 3.50. The molecule has 152 valence electrons. The highest BCUT2D eigenvalue weighted by atomic mass is 32.1. The molecule has 3 aromatic rings. The molecule has 0 saturated carbocycles. The normalized spacial score (nSPS) is 13.7. The van der Waals surface area contributed by atoms with Crippen molar-refractivity contribution in [1.29, 1.82) is 0 Å². The summed E-state index contributed by atoms with van der Waals surface area (Å²) in [6.07, 6.45) is 5.62. The van der Waals surface area contributed by atoms with Gasteiger partial charge in [-0.25, -0.2) is 9.97 Å². The molecule has 0 fully saturated rings. The van der Waals surface area contributed by atoms with Gasteiger partial charge in [-0.05, 0) is 38.3 Å². The molecule has 0 spiro atoms. The maximum Gasteiger partial charge on any atom is 0.262 e. The fourth-order valence-electron chi connectivity index (χ4n) is 3.71. The number of aromatic nitrogens is 3. The van der Waals surface area contributed by atoms with Crippen molar-refractivity contribution >= 4 is 27.5 Å². The first-order valence-electron chi connectivity index (χ1n) is 9.97. The van der Waals surface area contributed by atoms with Crippen LogP contribution in [0.5, 0.6) is 5.88 Å². The van der Waals surface area contributed by atoms with Gasteiger partial charge in [0, 0.05) is 31.3 Å².